The molecule has 0 aliphatic carbocycles. The summed E-state index contributed by atoms with van der Waals surface area (Å²) in [5.74, 6) is 2.79. The quantitative estimate of drug-likeness (QED) is 0.472. The molecule has 10 heteroatoms. The lowest BCUT2D eigenvalue weighted by Gasteiger charge is -2.07. The normalized spacial score (nSPS) is 11.0. The first-order valence-corrected chi connectivity index (χ1v) is 11.1. The first kappa shape index (κ1) is 21.3. The monoisotopic (exact) mass is 432 g/mol. The SMILES string of the molecule is Cc1ccc(Oc2cnc(NCCSCc3csc(CN(C)C)n3)[nH]c2=O)cn1. The van der Waals surface area contributed by atoms with Gasteiger partial charge in [0.15, 0.2) is 0 Å². The highest BCUT2D eigenvalue weighted by Crippen LogP contribution is 2.18. The zero-order chi connectivity index (χ0) is 20.6. The summed E-state index contributed by atoms with van der Waals surface area (Å²) in [6, 6.07) is 3.58. The van der Waals surface area contributed by atoms with Crippen molar-refractivity contribution in [3.05, 3.63) is 56.7 Å². The summed E-state index contributed by atoms with van der Waals surface area (Å²) in [5, 5.41) is 6.37. The van der Waals surface area contributed by atoms with Gasteiger partial charge in [-0.25, -0.2) is 9.97 Å². The fourth-order valence-electron chi connectivity index (χ4n) is 2.36. The Morgan fingerprint density at radius 1 is 1.28 bits per heavy atom. The maximum atomic E-state index is 12.2. The van der Waals surface area contributed by atoms with Crippen molar-refractivity contribution in [2.24, 2.45) is 0 Å². The summed E-state index contributed by atoms with van der Waals surface area (Å²) in [6.45, 7) is 3.44. The van der Waals surface area contributed by atoms with Crippen molar-refractivity contribution in [2.75, 3.05) is 31.7 Å². The van der Waals surface area contributed by atoms with Crippen molar-refractivity contribution in [3.63, 3.8) is 0 Å². The van der Waals surface area contributed by atoms with E-state index >= 15 is 0 Å². The number of thioether (sulfide) groups is 1. The van der Waals surface area contributed by atoms with Crippen LogP contribution in [0.1, 0.15) is 16.4 Å². The van der Waals surface area contributed by atoms with Crippen LogP contribution in [0.4, 0.5) is 5.95 Å². The topological polar surface area (TPSA) is 96.0 Å². The Bertz CT molecular complexity index is 971. The lowest BCUT2D eigenvalue weighted by atomic mass is 10.4. The number of rotatable bonds is 10. The molecule has 154 valence electrons. The van der Waals surface area contributed by atoms with Gasteiger partial charge < -0.3 is 15.0 Å². The third kappa shape index (κ3) is 6.84. The van der Waals surface area contributed by atoms with Crippen LogP contribution in [0.5, 0.6) is 11.5 Å². The number of pyridine rings is 1. The van der Waals surface area contributed by atoms with E-state index in [-0.39, 0.29) is 11.3 Å². The molecule has 0 aliphatic heterocycles. The van der Waals surface area contributed by atoms with E-state index in [4.69, 9.17) is 4.74 Å². The van der Waals surface area contributed by atoms with Gasteiger partial charge in [0.25, 0.3) is 5.56 Å². The molecule has 0 aliphatic rings. The summed E-state index contributed by atoms with van der Waals surface area (Å²) >= 11 is 3.48. The van der Waals surface area contributed by atoms with Crippen LogP contribution in [0, 0.1) is 6.92 Å². The summed E-state index contributed by atoms with van der Waals surface area (Å²) < 4.78 is 5.53. The van der Waals surface area contributed by atoms with E-state index in [1.807, 2.05) is 27.1 Å². The fourth-order valence-corrected chi connectivity index (χ4v) is 4.13. The molecule has 0 amide bonds. The van der Waals surface area contributed by atoms with E-state index in [9.17, 15) is 4.79 Å². The Hall–Kier alpha value is -2.43. The van der Waals surface area contributed by atoms with E-state index < -0.39 is 0 Å². The Labute approximate surface area is 177 Å². The molecule has 0 radical (unpaired) electrons. The van der Waals surface area contributed by atoms with Crippen LogP contribution in [-0.4, -0.2) is 51.2 Å². The number of anilines is 1. The van der Waals surface area contributed by atoms with Crippen molar-refractivity contribution in [2.45, 2.75) is 19.2 Å². The molecule has 0 atom stereocenters. The lowest BCUT2D eigenvalue weighted by Crippen LogP contribution is -2.15. The largest absolute Gasteiger partial charge is 0.448 e. The fraction of sp³-hybridized carbons (Fsp3) is 0.368. The molecule has 0 spiro atoms. The average molecular weight is 433 g/mol. The third-order valence-electron chi connectivity index (χ3n) is 3.72. The van der Waals surface area contributed by atoms with Crippen LogP contribution in [0.3, 0.4) is 0 Å². The zero-order valence-corrected chi connectivity index (χ0v) is 18.3. The van der Waals surface area contributed by atoms with Crippen molar-refractivity contribution >= 4 is 29.0 Å². The van der Waals surface area contributed by atoms with Gasteiger partial charge in [0.05, 0.1) is 18.1 Å². The van der Waals surface area contributed by atoms with Crippen LogP contribution >= 0.6 is 23.1 Å². The van der Waals surface area contributed by atoms with Gasteiger partial charge >= 0.3 is 0 Å². The third-order valence-corrected chi connectivity index (χ3v) is 5.59. The van der Waals surface area contributed by atoms with Crippen LogP contribution in [0.2, 0.25) is 0 Å². The van der Waals surface area contributed by atoms with E-state index in [2.05, 4.69) is 35.5 Å². The number of thiazole rings is 1. The number of hydrogen-bond donors (Lipinski definition) is 2. The molecule has 0 saturated carbocycles. The molecule has 0 unspecified atom stereocenters. The minimum Gasteiger partial charge on any atom is -0.448 e. The van der Waals surface area contributed by atoms with Crippen LogP contribution in [0.15, 0.2) is 34.7 Å². The highest BCUT2D eigenvalue weighted by Gasteiger charge is 2.06. The average Bonchev–Trinajstić information content (AvgIpc) is 3.12. The second kappa shape index (κ2) is 10.4. The summed E-state index contributed by atoms with van der Waals surface area (Å²) in [5.41, 5.74) is 1.65. The Morgan fingerprint density at radius 2 is 2.14 bits per heavy atom. The van der Waals surface area contributed by atoms with Crippen molar-refractivity contribution in [3.8, 4) is 11.5 Å². The number of nitrogens with one attached hydrogen (secondary N) is 2. The maximum Gasteiger partial charge on any atom is 0.295 e. The molecular weight excluding hydrogens is 408 g/mol. The maximum absolute atomic E-state index is 12.2. The van der Waals surface area contributed by atoms with Gasteiger partial charge in [-0.1, -0.05) is 0 Å². The second-order valence-electron chi connectivity index (χ2n) is 6.61. The predicted octanol–water partition coefficient (Wildman–Crippen LogP) is 3.13. The minimum absolute atomic E-state index is 0.132. The minimum atomic E-state index is -0.341. The van der Waals surface area contributed by atoms with Crippen LogP contribution in [-0.2, 0) is 12.3 Å². The Kier molecular flexibility index (Phi) is 7.62. The van der Waals surface area contributed by atoms with Gasteiger partial charge in [-0.15, -0.1) is 11.3 Å². The zero-order valence-electron chi connectivity index (χ0n) is 16.6. The molecule has 0 saturated heterocycles. The van der Waals surface area contributed by atoms with Gasteiger partial charge in [-0.2, -0.15) is 11.8 Å². The van der Waals surface area contributed by atoms with Gasteiger partial charge in [0.1, 0.15) is 10.8 Å². The summed E-state index contributed by atoms with van der Waals surface area (Å²) in [6.07, 6.45) is 2.99. The smallest absolute Gasteiger partial charge is 0.295 e. The first-order valence-electron chi connectivity index (χ1n) is 9.09. The lowest BCUT2D eigenvalue weighted by molar-refractivity contribution is 0.401. The number of H-pyrrole nitrogens is 1. The van der Waals surface area contributed by atoms with Crippen LogP contribution in [0.25, 0.3) is 0 Å². The van der Waals surface area contributed by atoms with E-state index in [0.717, 1.165) is 34.4 Å². The Morgan fingerprint density at radius 3 is 2.86 bits per heavy atom. The molecule has 3 heterocycles. The molecule has 29 heavy (non-hydrogen) atoms. The van der Waals surface area contributed by atoms with E-state index in [0.29, 0.717) is 18.2 Å². The van der Waals surface area contributed by atoms with Crippen molar-refractivity contribution in [1.29, 1.82) is 0 Å². The summed E-state index contributed by atoms with van der Waals surface area (Å²) in [7, 11) is 4.08. The van der Waals surface area contributed by atoms with Gasteiger partial charge in [0, 0.05) is 35.7 Å². The molecular formula is C19H24N6O2S2. The van der Waals surface area contributed by atoms with Crippen molar-refractivity contribution < 1.29 is 4.74 Å². The number of aromatic amines is 1. The molecule has 3 rings (SSSR count). The number of aromatic nitrogens is 4. The molecule has 0 fully saturated rings. The highest BCUT2D eigenvalue weighted by atomic mass is 32.2. The highest BCUT2D eigenvalue weighted by molar-refractivity contribution is 7.98. The predicted molar refractivity (Wildman–Crippen MR) is 118 cm³/mol. The number of ether oxygens (including phenoxy) is 1. The van der Waals surface area contributed by atoms with Gasteiger partial charge in [-0.3, -0.25) is 14.8 Å². The molecule has 2 N–H and O–H groups in total. The Balaban J connectivity index is 1.41. The molecule has 0 bridgehead atoms. The van der Waals surface area contributed by atoms with Crippen LogP contribution < -0.4 is 15.6 Å². The number of hydrogen-bond acceptors (Lipinski definition) is 9. The van der Waals surface area contributed by atoms with E-state index in [1.165, 1.54) is 6.20 Å². The summed E-state index contributed by atoms with van der Waals surface area (Å²) in [4.78, 5) is 29.9. The first-order chi connectivity index (χ1) is 14.0. The van der Waals surface area contributed by atoms with E-state index in [1.54, 1.807) is 35.4 Å². The number of nitrogens with zero attached hydrogens (tertiary/aromatic N) is 4. The number of aryl methyl sites for hydroxylation is 1. The molecule has 0 aromatic carbocycles. The molecule has 3 aromatic rings. The van der Waals surface area contributed by atoms with Gasteiger partial charge in [0.2, 0.25) is 11.7 Å². The van der Waals surface area contributed by atoms with Gasteiger partial charge in [-0.05, 0) is 33.2 Å². The second-order valence-corrected chi connectivity index (χ2v) is 8.66. The molecule has 3 aromatic heterocycles. The standard InChI is InChI=1S/C19H24N6O2S2/c1-13-4-5-15(8-21-13)27-16-9-22-19(24-18(16)26)20-6-7-28-11-14-12-29-17(23-14)10-25(2)3/h4-5,8-9,12H,6-7,10-11H2,1-3H3,(H2,20,22,24,26). The van der Waals surface area contributed by atoms with Crippen molar-refractivity contribution in [1.82, 2.24) is 24.8 Å². The molecule has 8 nitrogen and oxygen atoms in total.